The van der Waals surface area contributed by atoms with Crippen LogP contribution >= 0.6 is 11.8 Å². The van der Waals surface area contributed by atoms with Gasteiger partial charge >= 0.3 is 0 Å². The van der Waals surface area contributed by atoms with E-state index in [9.17, 15) is 0 Å². The Balaban J connectivity index is 1.96. The number of nitrogens with one attached hydrogen (secondary N) is 1. The Morgan fingerprint density at radius 2 is 2.00 bits per heavy atom. The van der Waals surface area contributed by atoms with E-state index in [1.165, 1.54) is 4.90 Å². The molecule has 0 fully saturated rings. The van der Waals surface area contributed by atoms with Crippen molar-refractivity contribution in [2.24, 2.45) is 0 Å². The van der Waals surface area contributed by atoms with Crippen molar-refractivity contribution in [1.29, 1.82) is 0 Å². The first kappa shape index (κ1) is 16.0. The predicted molar refractivity (Wildman–Crippen MR) is 86.5 cm³/mol. The quantitative estimate of drug-likeness (QED) is 0.751. The summed E-state index contributed by atoms with van der Waals surface area (Å²) in [6.07, 6.45) is 0.988. The standard InChI is InChI=1S/C16H23N3OS/c1-4-14(12(3)17-5-2)16-18-15(19-20-16)11-21-13-9-7-6-8-10-13/h6-10,12,14,17H,4-5,11H2,1-3H3. The third kappa shape index (κ3) is 4.58. The zero-order valence-corrected chi connectivity index (χ0v) is 13.7. The van der Waals surface area contributed by atoms with Crippen LogP contribution in [0.1, 0.15) is 44.8 Å². The Bertz CT molecular complexity index is 529. The maximum absolute atomic E-state index is 5.46. The molecule has 0 saturated carbocycles. The average Bonchev–Trinajstić information content (AvgIpc) is 2.96. The molecule has 0 bridgehead atoms. The highest BCUT2D eigenvalue weighted by Gasteiger charge is 2.22. The number of likely N-dealkylation sites (N-methyl/N-ethyl adjacent to an activating group) is 1. The van der Waals surface area contributed by atoms with Gasteiger partial charge in [-0.15, -0.1) is 11.8 Å². The molecule has 114 valence electrons. The second-order valence-corrected chi connectivity index (χ2v) is 6.06. The molecule has 0 aliphatic heterocycles. The van der Waals surface area contributed by atoms with Crippen LogP contribution in [0.25, 0.3) is 0 Å². The van der Waals surface area contributed by atoms with E-state index in [1.54, 1.807) is 11.8 Å². The topological polar surface area (TPSA) is 51.0 Å². The van der Waals surface area contributed by atoms with Gasteiger partial charge in [0.1, 0.15) is 0 Å². The Morgan fingerprint density at radius 3 is 2.67 bits per heavy atom. The lowest BCUT2D eigenvalue weighted by Gasteiger charge is -2.19. The van der Waals surface area contributed by atoms with Gasteiger partial charge in [-0.05, 0) is 32.0 Å². The molecule has 1 aromatic heterocycles. The van der Waals surface area contributed by atoms with Crippen molar-refractivity contribution in [2.75, 3.05) is 6.54 Å². The number of hydrogen-bond donors (Lipinski definition) is 1. The second kappa shape index (κ2) is 8.20. The number of benzene rings is 1. The van der Waals surface area contributed by atoms with Crippen LogP contribution in [-0.2, 0) is 5.75 Å². The van der Waals surface area contributed by atoms with Crippen molar-refractivity contribution in [3.05, 3.63) is 42.0 Å². The third-order valence-electron chi connectivity index (χ3n) is 3.48. The van der Waals surface area contributed by atoms with Gasteiger partial charge in [-0.2, -0.15) is 4.98 Å². The minimum Gasteiger partial charge on any atom is -0.339 e. The van der Waals surface area contributed by atoms with E-state index in [-0.39, 0.29) is 5.92 Å². The summed E-state index contributed by atoms with van der Waals surface area (Å²) in [6.45, 7) is 7.38. The van der Waals surface area contributed by atoms with Crippen LogP contribution in [0.4, 0.5) is 0 Å². The first-order valence-corrected chi connectivity index (χ1v) is 8.46. The molecule has 2 aromatic rings. The molecule has 5 heteroatoms. The van der Waals surface area contributed by atoms with E-state index in [4.69, 9.17) is 4.52 Å². The summed E-state index contributed by atoms with van der Waals surface area (Å²) in [4.78, 5) is 5.78. The minimum absolute atomic E-state index is 0.271. The normalized spacial score (nSPS) is 14.0. The first-order chi connectivity index (χ1) is 10.2. The summed E-state index contributed by atoms with van der Waals surface area (Å²) in [6, 6.07) is 10.6. The maximum Gasteiger partial charge on any atom is 0.231 e. The van der Waals surface area contributed by atoms with E-state index in [0.29, 0.717) is 6.04 Å². The lowest BCUT2D eigenvalue weighted by atomic mass is 9.98. The molecule has 0 amide bonds. The molecular weight excluding hydrogens is 282 g/mol. The zero-order valence-electron chi connectivity index (χ0n) is 12.9. The van der Waals surface area contributed by atoms with Crippen molar-refractivity contribution in [3.63, 3.8) is 0 Å². The molecule has 0 aliphatic carbocycles. The van der Waals surface area contributed by atoms with Gasteiger partial charge in [0.05, 0.1) is 11.7 Å². The predicted octanol–water partition coefficient (Wildman–Crippen LogP) is 3.85. The maximum atomic E-state index is 5.46. The van der Waals surface area contributed by atoms with Gasteiger partial charge < -0.3 is 9.84 Å². The van der Waals surface area contributed by atoms with E-state index in [2.05, 4.69) is 48.4 Å². The van der Waals surface area contributed by atoms with Crippen LogP contribution in [0.5, 0.6) is 0 Å². The lowest BCUT2D eigenvalue weighted by molar-refractivity contribution is 0.316. The van der Waals surface area contributed by atoms with Gasteiger partial charge in [-0.3, -0.25) is 0 Å². The highest BCUT2D eigenvalue weighted by atomic mass is 32.2. The Hall–Kier alpha value is -1.33. The molecule has 4 nitrogen and oxygen atoms in total. The van der Waals surface area contributed by atoms with Crippen LogP contribution < -0.4 is 5.32 Å². The molecule has 1 aromatic carbocycles. The first-order valence-electron chi connectivity index (χ1n) is 7.48. The fraction of sp³-hybridized carbons (Fsp3) is 0.500. The highest BCUT2D eigenvalue weighted by Crippen LogP contribution is 2.24. The van der Waals surface area contributed by atoms with Crippen LogP contribution in [0.2, 0.25) is 0 Å². The molecular formula is C16H23N3OS. The smallest absolute Gasteiger partial charge is 0.231 e. The molecule has 1 heterocycles. The number of nitrogens with zero attached hydrogens (tertiary/aromatic N) is 2. The fourth-order valence-electron chi connectivity index (χ4n) is 2.35. The van der Waals surface area contributed by atoms with Crippen LogP contribution in [0.15, 0.2) is 39.8 Å². The molecule has 0 radical (unpaired) electrons. The number of hydrogen-bond acceptors (Lipinski definition) is 5. The van der Waals surface area contributed by atoms with Gasteiger partial charge in [-0.25, -0.2) is 0 Å². The van der Waals surface area contributed by atoms with Gasteiger partial charge in [-0.1, -0.05) is 37.2 Å². The summed E-state index contributed by atoms with van der Waals surface area (Å²) in [5.74, 6) is 2.52. The SMILES string of the molecule is CCNC(C)C(CC)c1nc(CSc2ccccc2)no1. The zero-order chi connectivity index (χ0) is 15.1. The highest BCUT2D eigenvalue weighted by molar-refractivity contribution is 7.98. The third-order valence-corrected chi connectivity index (χ3v) is 4.49. The summed E-state index contributed by atoms with van der Waals surface area (Å²) in [5.41, 5.74) is 0. The van der Waals surface area contributed by atoms with Crippen LogP contribution in [0.3, 0.4) is 0 Å². The Labute approximate surface area is 130 Å². The number of aromatic nitrogens is 2. The summed E-state index contributed by atoms with van der Waals surface area (Å²) in [7, 11) is 0. The van der Waals surface area contributed by atoms with Gasteiger partial charge in [0.2, 0.25) is 5.89 Å². The second-order valence-electron chi connectivity index (χ2n) is 5.01. The summed E-state index contributed by atoms with van der Waals surface area (Å²) >= 11 is 1.72. The van der Waals surface area contributed by atoms with Crippen molar-refractivity contribution in [2.45, 2.75) is 49.8 Å². The largest absolute Gasteiger partial charge is 0.339 e. The molecule has 0 spiro atoms. The van der Waals surface area contributed by atoms with E-state index >= 15 is 0 Å². The van der Waals surface area contributed by atoms with Crippen LogP contribution in [-0.4, -0.2) is 22.7 Å². The average molecular weight is 305 g/mol. The molecule has 21 heavy (non-hydrogen) atoms. The Kier molecular flexibility index (Phi) is 6.26. The molecule has 2 rings (SSSR count). The van der Waals surface area contributed by atoms with E-state index in [1.807, 2.05) is 18.2 Å². The van der Waals surface area contributed by atoms with Crippen molar-refractivity contribution < 1.29 is 4.52 Å². The van der Waals surface area contributed by atoms with Gasteiger partial charge in [0.25, 0.3) is 0 Å². The number of thioether (sulfide) groups is 1. The van der Waals surface area contributed by atoms with Crippen LogP contribution in [0, 0.1) is 0 Å². The monoisotopic (exact) mass is 305 g/mol. The molecule has 0 aliphatic rings. The molecule has 2 atom stereocenters. The van der Waals surface area contributed by atoms with Crippen molar-refractivity contribution in [3.8, 4) is 0 Å². The molecule has 1 N–H and O–H groups in total. The fourth-order valence-corrected chi connectivity index (χ4v) is 3.11. The molecule has 2 unspecified atom stereocenters. The summed E-state index contributed by atoms with van der Waals surface area (Å²) < 4.78 is 5.46. The van der Waals surface area contributed by atoms with Gasteiger partial charge in [0, 0.05) is 10.9 Å². The minimum atomic E-state index is 0.271. The van der Waals surface area contributed by atoms with E-state index < -0.39 is 0 Å². The van der Waals surface area contributed by atoms with Crippen molar-refractivity contribution >= 4 is 11.8 Å². The lowest BCUT2D eigenvalue weighted by Crippen LogP contribution is -2.31. The van der Waals surface area contributed by atoms with Crippen molar-refractivity contribution in [1.82, 2.24) is 15.5 Å². The molecule has 0 saturated heterocycles. The Morgan fingerprint density at radius 1 is 1.24 bits per heavy atom. The van der Waals surface area contributed by atoms with Gasteiger partial charge in [0.15, 0.2) is 5.82 Å². The summed E-state index contributed by atoms with van der Waals surface area (Å²) in [5, 5.41) is 7.54. The number of rotatable bonds is 8. The van der Waals surface area contributed by atoms with E-state index in [0.717, 1.165) is 30.4 Å².